The van der Waals surface area contributed by atoms with Gasteiger partial charge in [-0.3, -0.25) is 0 Å². The second-order valence-corrected chi connectivity index (χ2v) is 6.37. The van der Waals surface area contributed by atoms with Crippen molar-refractivity contribution in [2.45, 2.75) is 76.7 Å². The summed E-state index contributed by atoms with van der Waals surface area (Å²) in [6, 6.07) is 8.97. The van der Waals surface area contributed by atoms with Gasteiger partial charge in [-0.05, 0) is 49.1 Å². The van der Waals surface area contributed by atoms with Crippen LogP contribution in [0.4, 0.5) is 0 Å². The highest BCUT2D eigenvalue weighted by atomic mass is 16.3. The van der Waals surface area contributed by atoms with E-state index in [1.54, 1.807) is 0 Å². The first kappa shape index (κ1) is 14.6. The minimum atomic E-state index is -0.370. The van der Waals surface area contributed by atoms with Crippen LogP contribution in [0.5, 0.6) is 0 Å². The molecule has 106 valence electrons. The van der Waals surface area contributed by atoms with Crippen LogP contribution < -0.4 is 0 Å². The molecule has 2 rings (SSSR count). The molecule has 1 nitrogen and oxygen atoms in total. The molecule has 1 atom stereocenters. The smallest absolute Gasteiger partial charge is 0.0651 e. The number of aliphatic hydroxyl groups is 1. The van der Waals surface area contributed by atoms with Crippen LogP contribution in [0.1, 0.15) is 75.8 Å². The zero-order valence-electron chi connectivity index (χ0n) is 12.5. The maximum absolute atomic E-state index is 10.4. The molecule has 1 aliphatic rings. The van der Waals surface area contributed by atoms with Crippen molar-refractivity contribution >= 4 is 0 Å². The number of hydrogen-bond donors (Lipinski definition) is 1. The summed E-state index contributed by atoms with van der Waals surface area (Å²) in [5, 5.41) is 10.4. The van der Waals surface area contributed by atoms with E-state index >= 15 is 0 Å². The van der Waals surface area contributed by atoms with Crippen LogP contribution >= 0.6 is 0 Å². The molecule has 1 aliphatic carbocycles. The maximum Gasteiger partial charge on any atom is 0.0651 e. The first-order chi connectivity index (χ1) is 9.13. The van der Waals surface area contributed by atoms with Gasteiger partial charge in [-0.15, -0.1) is 0 Å². The van der Waals surface area contributed by atoms with Gasteiger partial charge in [0.2, 0.25) is 0 Å². The third-order valence-corrected chi connectivity index (χ3v) is 4.66. The van der Waals surface area contributed by atoms with Crippen molar-refractivity contribution < 1.29 is 5.11 Å². The maximum atomic E-state index is 10.4. The van der Waals surface area contributed by atoms with Crippen LogP contribution in [0.25, 0.3) is 0 Å². The molecule has 1 aromatic carbocycles. The molecule has 0 amide bonds. The minimum absolute atomic E-state index is 0.370. The summed E-state index contributed by atoms with van der Waals surface area (Å²) in [6.07, 6.45) is 8.84. The zero-order chi connectivity index (χ0) is 13.7. The zero-order valence-corrected chi connectivity index (χ0v) is 12.5. The van der Waals surface area contributed by atoms with Gasteiger partial charge in [0.15, 0.2) is 0 Å². The van der Waals surface area contributed by atoms with Crippen molar-refractivity contribution in [2.24, 2.45) is 0 Å². The molecule has 0 spiro atoms. The highest BCUT2D eigenvalue weighted by Crippen LogP contribution is 2.33. The first-order valence-corrected chi connectivity index (χ1v) is 7.94. The van der Waals surface area contributed by atoms with Gasteiger partial charge in [-0.2, -0.15) is 0 Å². The fraction of sp³-hybridized carbons (Fsp3) is 0.667. The summed E-state index contributed by atoms with van der Waals surface area (Å²) in [7, 11) is 0. The van der Waals surface area contributed by atoms with Gasteiger partial charge < -0.3 is 5.11 Å². The molecule has 0 aliphatic heterocycles. The molecular weight excluding hydrogens is 232 g/mol. The van der Waals surface area contributed by atoms with Gasteiger partial charge >= 0.3 is 0 Å². The van der Waals surface area contributed by atoms with Crippen molar-refractivity contribution in [1.29, 1.82) is 0 Å². The molecule has 1 fully saturated rings. The Morgan fingerprint density at radius 2 is 2.00 bits per heavy atom. The van der Waals surface area contributed by atoms with E-state index in [0.29, 0.717) is 5.92 Å². The second kappa shape index (κ2) is 6.56. The predicted octanol–water partition coefficient (Wildman–Crippen LogP) is 4.83. The number of benzene rings is 1. The second-order valence-electron chi connectivity index (χ2n) is 6.37. The van der Waals surface area contributed by atoms with E-state index in [1.807, 2.05) is 0 Å². The lowest BCUT2D eigenvalue weighted by atomic mass is 9.90. The largest absolute Gasteiger partial charge is 0.390 e. The van der Waals surface area contributed by atoms with Crippen LogP contribution in [-0.2, 0) is 6.42 Å². The third-order valence-electron chi connectivity index (χ3n) is 4.66. The number of hydrogen-bond acceptors (Lipinski definition) is 1. The average molecular weight is 260 g/mol. The first-order valence-electron chi connectivity index (χ1n) is 7.94. The monoisotopic (exact) mass is 260 g/mol. The summed E-state index contributed by atoms with van der Waals surface area (Å²) in [5.41, 5.74) is 2.48. The molecule has 1 N–H and O–H groups in total. The van der Waals surface area contributed by atoms with Gasteiger partial charge in [-0.1, -0.05) is 57.4 Å². The molecule has 1 unspecified atom stereocenters. The van der Waals surface area contributed by atoms with Crippen molar-refractivity contribution in [3.8, 4) is 0 Å². The molecule has 0 aromatic heterocycles. The van der Waals surface area contributed by atoms with Crippen molar-refractivity contribution in [2.75, 3.05) is 0 Å². The molecule has 0 saturated heterocycles. The van der Waals surface area contributed by atoms with Crippen LogP contribution in [0.2, 0.25) is 0 Å². The summed E-state index contributed by atoms with van der Waals surface area (Å²) >= 11 is 0. The Balaban J connectivity index is 1.95. The minimum Gasteiger partial charge on any atom is -0.390 e. The normalized spacial score (nSPS) is 19.5. The summed E-state index contributed by atoms with van der Waals surface area (Å²) in [6.45, 7) is 4.56. The highest BCUT2D eigenvalue weighted by molar-refractivity contribution is 5.26. The Morgan fingerprint density at radius 1 is 1.26 bits per heavy atom. The van der Waals surface area contributed by atoms with Crippen molar-refractivity contribution in [1.82, 2.24) is 0 Å². The fourth-order valence-corrected chi connectivity index (χ4v) is 3.31. The quantitative estimate of drug-likeness (QED) is 0.777. The van der Waals surface area contributed by atoms with E-state index in [1.165, 1.54) is 36.8 Å². The lowest BCUT2D eigenvalue weighted by Gasteiger charge is -2.22. The Morgan fingerprint density at radius 3 is 2.68 bits per heavy atom. The van der Waals surface area contributed by atoms with E-state index < -0.39 is 0 Å². The van der Waals surface area contributed by atoms with E-state index in [0.717, 1.165) is 25.7 Å². The van der Waals surface area contributed by atoms with Gasteiger partial charge in [0.1, 0.15) is 0 Å². The molecule has 1 aromatic rings. The SMILES string of the molecule is CCCC(C)c1cccc(CCC2(O)CCCC2)c1. The van der Waals surface area contributed by atoms with Crippen molar-refractivity contribution in [3.63, 3.8) is 0 Å². The lowest BCUT2D eigenvalue weighted by molar-refractivity contribution is 0.0391. The van der Waals surface area contributed by atoms with E-state index in [9.17, 15) is 5.11 Å². The van der Waals surface area contributed by atoms with Crippen LogP contribution in [0.3, 0.4) is 0 Å². The van der Waals surface area contributed by atoms with Crippen LogP contribution in [0.15, 0.2) is 24.3 Å². The fourth-order valence-electron chi connectivity index (χ4n) is 3.31. The van der Waals surface area contributed by atoms with E-state index in [2.05, 4.69) is 38.1 Å². The number of rotatable bonds is 6. The van der Waals surface area contributed by atoms with Crippen LogP contribution in [0, 0.1) is 0 Å². The molecule has 0 radical (unpaired) electrons. The summed E-state index contributed by atoms with van der Waals surface area (Å²) in [4.78, 5) is 0. The lowest BCUT2D eigenvalue weighted by Crippen LogP contribution is -2.24. The van der Waals surface area contributed by atoms with Gasteiger partial charge in [0, 0.05) is 0 Å². The van der Waals surface area contributed by atoms with Gasteiger partial charge in [-0.25, -0.2) is 0 Å². The highest BCUT2D eigenvalue weighted by Gasteiger charge is 2.30. The number of aryl methyl sites for hydroxylation is 1. The molecular formula is C18H28O. The Kier molecular flexibility index (Phi) is 5.04. The molecule has 0 bridgehead atoms. The average Bonchev–Trinajstić information content (AvgIpc) is 2.85. The molecule has 19 heavy (non-hydrogen) atoms. The molecule has 1 heteroatoms. The standard InChI is InChI=1S/C18H28O/c1-3-7-15(2)17-9-6-8-16(14-17)10-13-18(19)11-4-5-12-18/h6,8-9,14-15,19H,3-5,7,10-13H2,1-2H3. The van der Waals surface area contributed by atoms with E-state index in [-0.39, 0.29) is 5.60 Å². The summed E-state index contributed by atoms with van der Waals surface area (Å²) < 4.78 is 0. The Bertz CT molecular complexity index is 390. The van der Waals surface area contributed by atoms with Gasteiger partial charge in [0.05, 0.1) is 5.60 Å². The third kappa shape index (κ3) is 4.07. The predicted molar refractivity (Wildman–Crippen MR) is 81.5 cm³/mol. The molecule has 1 saturated carbocycles. The topological polar surface area (TPSA) is 20.2 Å². The van der Waals surface area contributed by atoms with Crippen LogP contribution in [-0.4, -0.2) is 10.7 Å². The summed E-state index contributed by atoms with van der Waals surface area (Å²) in [5.74, 6) is 0.652. The van der Waals surface area contributed by atoms with Crippen molar-refractivity contribution in [3.05, 3.63) is 35.4 Å². The Hall–Kier alpha value is -0.820. The van der Waals surface area contributed by atoms with E-state index in [4.69, 9.17) is 0 Å². The molecule has 0 heterocycles. The Labute approximate surface area is 118 Å². The van der Waals surface area contributed by atoms with Gasteiger partial charge in [0.25, 0.3) is 0 Å².